The second kappa shape index (κ2) is 6.39. The van der Waals surface area contributed by atoms with E-state index in [1.54, 1.807) is 0 Å². The molecule has 1 rings (SSSR count). The van der Waals surface area contributed by atoms with Crippen LogP contribution in [0.5, 0.6) is 0 Å². The van der Waals surface area contributed by atoms with Gasteiger partial charge in [0.05, 0.1) is 0 Å². The Bertz CT molecular complexity index is 125. The van der Waals surface area contributed by atoms with E-state index in [0.29, 0.717) is 12.1 Å². The Balaban J connectivity index is 2.00. The normalized spacial score (nSPS) is 29.1. The topological polar surface area (TPSA) is 24.1 Å². The number of unbranched alkanes of at least 4 members (excludes halogenated alkanes) is 3. The summed E-state index contributed by atoms with van der Waals surface area (Å²) in [6.45, 7) is 8.37. The molecule has 0 aromatic carbocycles. The largest absolute Gasteiger partial charge is 0.314 e. The zero-order valence-corrected chi connectivity index (χ0v) is 8.81. The smallest absolute Gasteiger partial charge is 0.0195 e. The summed E-state index contributed by atoms with van der Waals surface area (Å²) in [6, 6.07) is 1.35. The van der Waals surface area contributed by atoms with Crippen molar-refractivity contribution in [2.24, 2.45) is 0 Å². The summed E-state index contributed by atoms with van der Waals surface area (Å²) in [6.07, 6.45) is 6.39. The van der Waals surface area contributed by atoms with E-state index in [0.717, 1.165) is 19.5 Å². The Morgan fingerprint density at radius 2 is 2.08 bits per heavy atom. The molecule has 2 N–H and O–H groups in total. The fourth-order valence-corrected chi connectivity index (χ4v) is 1.92. The lowest BCUT2D eigenvalue weighted by Crippen LogP contribution is -2.53. The summed E-state index contributed by atoms with van der Waals surface area (Å²) in [4.78, 5) is 0. The fourth-order valence-electron chi connectivity index (χ4n) is 1.92. The van der Waals surface area contributed by atoms with Crippen LogP contribution in [0.25, 0.3) is 0 Å². The maximum atomic E-state index is 3.85. The molecule has 2 heteroatoms. The molecule has 2 nitrogen and oxygen atoms in total. The van der Waals surface area contributed by atoms with Crippen LogP contribution in [0, 0.1) is 6.92 Å². The minimum Gasteiger partial charge on any atom is -0.314 e. The van der Waals surface area contributed by atoms with Gasteiger partial charge in [-0.05, 0) is 13.3 Å². The van der Waals surface area contributed by atoms with E-state index in [1.807, 2.05) is 0 Å². The molecule has 1 radical (unpaired) electrons. The summed E-state index contributed by atoms with van der Waals surface area (Å²) < 4.78 is 0. The van der Waals surface area contributed by atoms with E-state index in [1.165, 1.54) is 25.7 Å². The van der Waals surface area contributed by atoms with Crippen LogP contribution >= 0.6 is 0 Å². The van der Waals surface area contributed by atoms with Gasteiger partial charge in [0, 0.05) is 25.2 Å². The lowest BCUT2D eigenvalue weighted by atomic mass is 10.0. The monoisotopic (exact) mass is 183 g/mol. The van der Waals surface area contributed by atoms with Gasteiger partial charge in [0.15, 0.2) is 0 Å². The highest BCUT2D eigenvalue weighted by Crippen LogP contribution is 2.07. The van der Waals surface area contributed by atoms with Crippen molar-refractivity contribution in [3.8, 4) is 0 Å². The molecule has 0 amide bonds. The molecule has 1 aliphatic rings. The van der Waals surface area contributed by atoms with E-state index in [-0.39, 0.29) is 0 Å². The first-order chi connectivity index (χ1) is 6.33. The molecule has 1 aliphatic heterocycles. The number of piperazine rings is 1. The average molecular weight is 183 g/mol. The van der Waals surface area contributed by atoms with E-state index in [4.69, 9.17) is 0 Å². The first-order valence-corrected chi connectivity index (χ1v) is 5.59. The number of hydrogen-bond acceptors (Lipinski definition) is 2. The predicted molar refractivity (Wildman–Crippen MR) is 57.7 cm³/mol. The molecule has 1 heterocycles. The molecule has 0 aliphatic carbocycles. The summed E-state index contributed by atoms with van der Waals surface area (Å²) in [5.74, 6) is 0. The standard InChI is InChI=1S/C11H23N2/c1-3-4-5-6-7-11-9-12-8-10(2)13-11/h10-13H,1,3-9H2,2H3. The molecule has 2 atom stereocenters. The van der Waals surface area contributed by atoms with E-state index in [9.17, 15) is 0 Å². The highest BCUT2D eigenvalue weighted by molar-refractivity contribution is 4.80. The van der Waals surface area contributed by atoms with Gasteiger partial charge in [0.2, 0.25) is 0 Å². The maximum Gasteiger partial charge on any atom is 0.0195 e. The second-order valence-electron chi connectivity index (χ2n) is 4.13. The minimum absolute atomic E-state index is 0.645. The lowest BCUT2D eigenvalue weighted by molar-refractivity contribution is 0.332. The van der Waals surface area contributed by atoms with Gasteiger partial charge < -0.3 is 10.6 Å². The maximum absolute atomic E-state index is 3.85. The van der Waals surface area contributed by atoms with Crippen molar-refractivity contribution >= 4 is 0 Å². The van der Waals surface area contributed by atoms with Crippen LogP contribution in [0.15, 0.2) is 0 Å². The second-order valence-corrected chi connectivity index (χ2v) is 4.13. The highest BCUT2D eigenvalue weighted by Gasteiger charge is 2.15. The van der Waals surface area contributed by atoms with Crippen LogP contribution < -0.4 is 10.6 Å². The molecular formula is C11H23N2. The Labute approximate surface area is 82.5 Å². The molecule has 0 aromatic heterocycles. The number of rotatable bonds is 5. The third-order valence-corrected chi connectivity index (χ3v) is 2.66. The van der Waals surface area contributed by atoms with Crippen LogP contribution in [0.4, 0.5) is 0 Å². The highest BCUT2D eigenvalue weighted by atomic mass is 15.1. The number of hydrogen-bond donors (Lipinski definition) is 2. The first-order valence-electron chi connectivity index (χ1n) is 5.59. The Morgan fingerprint density at radius 1 is 1.23 bits per heavy atom. The van der Waals surface area contributed by atoms with Gasteiger partial charge in [-0.3, -0.25) is 0 Å². The summed E-state index contributed by atoms with van der Waals surface area (Å²) in [5.41, 5.74) is 0. The van der Waals surface area contributed by atoms with Gasteiger partial charge in [-0.2, -0.15) is 0 Å². The summed E-state index contributed by atoms with van der Waals surface area (Å²) >= 11 is 0. The van der Waals surface area contributed by atoms with E-state index < -0.39 is 0 Å². The fraction of sp³-hybridized carbons (Fsp3) is 0.909. The quantitative estimate of drug-likeness (QED) is 0.634. The van der Waals surface area contributed by atoms with Crippen LogP contribution in [0.1, 0.15) is 39.0 Å². The average Bonchev–Trinajstić information content (AvgIpc) is 2.13. The summed E-state index contributed by atoms with van der Waals surface area (Å²) in [5, 5.41) is 7.07. The Kier molecular flexibility index (Phi) is 5.40. The Morgan fingerprint density at radius 3 is 2.77 bits per heavy atom. The van der Waals surface area contributed by atoms with Gasteiger partial charge in [-0.25, -0.2) is 0 Å². The zero-order chi connectivity index (χ0) is 9.52. The third-order valence-electron chi connectivity index (χ3n) is 2.66. The van der Waals surface area contributed by atoms with Crippen molar-refractivity contribution in [1.82, 2.24) is 10.6 Å². The van der Waals surface area contributed by atoms with E-state index in [2.05, 4.69) is 24.5 Å². The van der Waals surface area contributed by atoms with Crippen molar-refractivity contribution < 1.29 is 0 Å². The molecule has 13 heavy (non-hydrogen) atoms. The Hall–Kier alpha value is -0.0800. The van der Waals surface area contributed by atoms with Crippen LogP contribution in [0.3, 0.4) is 0 Å². The van der Waals surface area contributed by atoms with Crippen molar-refractivity contribution in [3.63, 3.8) is 0 Å². The predicted octanol–water partition coefficient (Wildman–Crippen LogP) is 1.72. The third kappa shape index (κ3) is 4.63. The van der Waals surface area contributed by atoms with Crippen LogP contribution in [-0.2, 0) is 0 Å². The number of nitrogens with one attached hydrogen (secondary N) is 2. The first kappa shape index (κ1) is 11.0. The van der Waals surface area contributed by atoms with Crippen molar-refractivity contribution in [2.75, 3.05) is 13.1 Å². The lowest BCUT2D eigenvalue weighted by Gasteiger charge is -2.29. The molecule has 0 bridgehead atoms. The molecular weight excluding hydrogens is 160 g/mol. The van der Waals surface area contributed by atoms with Crippen LogP contribution in [-0.4, -0.2) is 25.2 Å². The molecule has 1 fully saturated rings. The van der Waals surface area contributed by atoms with Gasteiger partial charge in [-0.15, -0.1) is 0 Å². The van der Waals surface area contributed by atoms with Crippen LogP contribution in [0.2, 0.25) is 0 Å². The molecule has 2 unspecified atom stereocenters. The van der Waals surface area contributed by atoms with Gasteiger partial charge >= 0.3 is 0 Å². The zero-order valence-electron chi connectivity index (χ0n) is 8.81. The van der Waals surface area contributed by atoms with Gasteiger partial charge in [0.25, 0.3) is 0 Å². The molecule has 0 saturated carbocycles. The molecule has 0 aromatic rings. The van der Waals surface area contributed by atoms with Crippen molar-refractivity contribution in [3.05, 3.63) is 6.92 Å². The molecule has 77 valence electrons. The minimum atomic E-state index is 0.645. The van der Waals surface area contributed by atoms with Gasteiger partial charge in [0.1, 0.15) is 0 Å². The van der Waals surface area contributed by atoms with E-state index >= 15 is 0 Å². The SMILES string of the molecule is [CH2]CCCCCC1CNCC(C)N1. The van der Waals surface area contributed by atoms with Crippen molar-refractivity contribution in [2.45, 2.75) is 51.1 Å². The van der Waals surface area contributed by atoms with Crippen molar-refractivity contribution in [1.29, 1.82) is 0 Å². The molecule has 1 saturated heterocycles. The summed E-state index contributed by atoms with van der Waals surface area (Å²) in [7, 11) is 0. The molecule has 0 spiro atoms. The van der Waals surface area contributed by atoms with Gasteiger partial charge in [-0.1, -0.05) is 32.6 Å².